The molecule has 0 spiro atoms. The molecule has 0 fully saturated rings. The molecule has 0 unspecified atom stereocenters. The normalized spacial score (nSPS) is 13.5. The summed E-state index contributed by atoms with van der Waals surface area (Å²) in [5.41, 5.74) is 5.40. The molecule has 0 amide bonds. The molecule has 2 nitrogen and oxygen atoms in total. The number of esters is 1. The Morgan fingerprint density at radius 1 is 1.19 bits per heavy atom. The van der Waals surface area contributed by atoms with E-state index in [0.717, 1.165) is 38.9 Å². The van der Waals surface area contributed by atoms with Gasteiger partial charge in [0, 0.05) is 11.1 Å². The molecule has 1 aromatic rings. The van der Waals surface area contributed by atoms with Crippen molar-refractivity contribution in [2.75, 3.05) is 6.61 Å². The van der Waals surface area contributed by atoms with Crippen LogP contribution >= 0.6 is 11.6 Å². The van der Waals surface area contributed by atoms with Crippen molar-refractivity contribution in [1.29, 1.82) is 0 Å². The maximum absolute atomic E-state index is 14.0. The second-order valence-corrected chi connectivity index (χ2v) is 6.58. The first-order valence-corrected chi connectivity index (χ1v) is 8.89. The maximum Gasteiger partial charge on any atom is 0.331 e. The van der Waals surface area contributed by atoms with E-state index in [9.17, 15) is 9.18 Å². The van der Waals surface area contributed by atoms with Crippen LogP contribution in [0.15, 0.2) is 47.3 Å². The third-order valence-corrected chi connectivity index (χ3v) is 4.52. The zero-order valence-corrected chi connectivity index (χ0v) is 17.0. The monoisotopic (exact) mass is 376 g/mol. The third-order valence-electron chi connectivity index (χ3n) is 3.94. The number of rotatable bonds is 6. The number of benzene rings is 1. The summed E-state index contributed by atoms with van der Waals surface area (Å²) >= 11 is 6.32. The zero-order valence-electron chi connectivity index (χ0n) is 16.2. The molecule has 140 valence electrons. The SMILES string of the molecule is CCOC(=O)/C=C(C)/C(F)=C/C=C(C)/C=C/c1c(C)cc(C)c(Cl)c1C. The van der Waals surface area contributed by atoms with Crippen molar-refractivity contribution >= 4 is 23.6 Å². The molecule has 0 aromatic heterocycles. The molecule has 0 saturated carbocycles. The van der Waals surface area contributed by atoms with Crippen molar-refractivity contribution in [3.05, 3.63) is 74.6 Å². The van der Waals surface area contributed by atoms with E-state index in [4.69, 9.17) is 16.3 Å². The van der Waals surface area contributed by atoms with Crippen LogP contribution in [0.25, 0.3) is 6.08 Å². The number of halogens is 2. The molecule has 0 atom stereocenters. The summed E-state index contributed by atoms with van der Waals surface area (Å²) in [6.45, 7) is 11.4. The highest BCUT2D eigenvalue weighted by molar-refractivity contribution is 6.32. The number of hydrogen-bond acceptors (Lipinski definition) is 2. The molecule has 0 aliphatic heterocycles. The first-order chi connectivity index (χ1) is 12.2. The molecular weight excluding hydrogens is 351 g/mol. The Labute approximate surface area is 160 Å². The highest BCUT2D eigenvalue weighted by Crippen LogP contribution is 2.27. The second kappa shape index (κ2) is 10.1. The molecule has 0 aliphatic rings. The van der Waals surface area contributed by atoms with Crippen LogP contribution in [0, 0.1) is 20.8 Å². The average molecular weight is 377 g/mol. The topological polar surface area (TPSA) is 26.3 Å². The Kier molecular flexibility index (Phi) is 8.53. The van der Waals surface area contributed by atoms with Crippen LogP contribution in [0.4, 0.5) is 4.39 Å². The van der Waals surface area contributed by atoms with E-state index in [1.807, 2.05) is 39.8 Å². The van der Waals surface area contributed by atoms with Crippen LogP contribution in [-0.4, -0.2) is 12.6 Å². The lowest BCUT2D eigenvalue weighted by molar-refractivity contribution is -0.137. The quantitative estimate of drug-likeness (QED) is 0.318. The first-order valence-electron chi connectivity index (χ1n) is 8.51. The molecule has 4 heteroatoms. The third kappa shape index (κ3) is 6.30. The van der Waals surface area contributed by atoms with Crippen LogP contribution in [-0.2, 0) is 9.53 Å². The van der Waals surface area contributed by atoms with Crippen molar-refractivity contribution in [1.82, 2.24) is 0 Å². The standard InChI is InChI=1S/C22H26ClFO2/c1-7-26-21(25)13-16(4)20(24)11-9-14(2)8-10-19-15(3)12-17(5)22(23)18(19)6/h8-13H,7H2,1-6H3/b10-8+,14-9+,16-13+,20-11-. The van der Waals surface area contributed by atoms with Gasteiger partial charge in [-0.3, -0.25) is 0 Å². The van der Waals surface area contributed by atoms with E-state index in [-0.39, 0.29) is 12.2 Å². The molecule has 0 bridgehead atoms. The summed E-state index contributed by atoms with van der Waals surface area (Å²) in [5.74, 6) is -1.02. The van der Waals surface area contributed by atoms with Gasteiger partial charge in [0.15, 0.2) is 0 Å². The van der Waals surface area contributed by atoms with E-state index in [0.29, 0.717) is 0 Å². The van der Waals surface area contributed by atoms with E-state index >= 15 is 0 Å². The van der Waals surface area contributed by atoms with Crippen molar-refractivity contribution < 1.29 is 13.9 Å². The van der Waals surface area contributed by atoms with Gasteiger partial charge in [0.25, 0.3) is 0 Å². The average Bonchev–Trinajstić information content (AvgIpc) is 2.57. The van der Waals surface area contributed by atoms with Gasteiger partial charge in [-0.1, -0.05) is 41.5 Å². The minimum Gasteiger partial charge on any atom is -0.463 e. The number of allylic oxidation sites excluding steroid dienone is 6. The molecule has 1 aromatic carbocycles. The largest absolute Gasteiger partial charge is 0.463 e. The van der Waals surface area contributed by atoms with Gasteiger partial charge in [0.2, 0.25) is 0 Å². The van der Waals surface area contributed by atoms with E-state index < -0.39 is 11.8 Å². The Bertz CT molecular complexity index is 799. The highest BCUT2D eigenvalue weighted by atomic mass is 35.5. The molecule has 0 heterocycles. The number of ether oxygens (including phenoxy) is 1. The lowest BCUT2D eigenvalue weighted by atomic mass is 9.98. The lowest BCUT2D eigenvalue weighted by Gasteiger charge is -2.10. The fourth-order valence-electron chi connectivity index (χ4n) is 2.47. The van der Waals surface area contributed by atoms with E-state index in [2.05, 4.69) is 6.07 Å². The molecule has 0 radical (unpaired) electrons. The molecular formula is C22H26ClFO2. The predicted molar refractivity (Wildman–Crippen MR) is 108 cm³/mol. The summed E-state index contributed by atoms with van der Waals surface area (Å²) < 4.78 is 18.8. The second-order valence-electron chi connectivity index (χ2n) is 6.20. The Hall–Kier alpha value is -2.13. The number of carbonyl (C=O) groups is 1. The highest BCUT2D eigenvalue weighted by Gasteiger charge is 2.07. The summed E-state index contributed by atoms with van der Waals surface area (Å²) in [6, 6.07) is 2.05. The van der Waals surface area contributed by atoms with Gasteiger partial charge in [-0.05, 0) is 75.4 Å². The molecule has 26 heavy (non-hydrogen) atoms. The first kappa shape index (κ1) is 21.9. The smallest absolute Gasteiger partial charge is 0.331 e. The van der Waals surface area contributed by atoms with Gasteiger partial charge >= 0.3 is 5.97 Å². The van der Waals surface area contributed by atoms with Crippen LogP contribution in [0.1, 0.15) is 43.0 Å². The van der Waals surface area contributed by atoms with Crippen LogP contribution in [0.5, 0.6) is 0 Å². The van der Waals surface area contributed by atoms with Gasteiger partial charge < -0.3 is 4.74 Å². The Morgan fingerprint density at radius 2 is 1.85 bits per heavy atom. The Balaban J connectivity index is 2.97. The molecule has 1 rings (SSSR count). The number of carbonyl (C=O) groups excluding carboxylic acids is 1. The van der Waals surface area contributed by atoms with Crippen LogP contribution < -0.4 is 0 Å². The van der Waals surface area contributed by atoms with Gasteiger partial charge in [-0.2, -0.15) is 0 Å². The summed E-state index contributed by atoms with van der Waals surface area (Å²) in [6.07, 6.45) is 8.04. The van der Waals surface area contributed by atoms with Crippen molar-refractivity contribution in [2.24, 2.45) is 0 Å². The fourth-order valence-corrected chi connectivity index (χ4v) is 2.62. The maximum atomic E-state index is 14.0. The number of hydrogen-bond donors (Lipinski definition) is 0. The summed E-state index contributed by atoms with van der Waals surface area (Å²) in [7, 11) is 0. The van der Waals surface area contributed by atoms with Crippen molar-refractivity contribution in [3.8, 4) is 0 Å². The minimum absolute atomic E-state index is 0.230. The Morgan fingerprint density at radius 3 is 2.46 bits per heavy atom. The van der Waals surface area contributed by atoms with Crippen LogP contribution in [0.2, 0.25) is 5.02 Å². The summed E-state index contributed by atoms with van der Waals surface area (Å²) in [5, 5.41) is 0.766. The van der Waals surface area contributed by atoms with Crippen molar-refractivity contribution in [3.63, 3.8) is 0 Å². The van der Waals surface area contributed by atoms with Crippen LogP contribution in [0.3, 0.4) is 0 Å². The van der Waals surface area contributed by atoms with Gasteiger partial charge in [-0.25, -0.2) is 9.18 Å². The fraction of sp³-hybridized carbons (Fsp3) is 0.318. The van der Waals surface area contributed by atoms with Gasteiger partial charge in [-0.15, -0.1) is 0 Å². The van der Waals surface area contributed by atoms with E-state index in [1.165, 1.54) is 13.0 Å². The van der Waals surface area contributed by atoms with E-state index in [1.54, 1.807) is 13.0 Å². The van der Waals surface area contributed by atoms with Gasteiger partial charge in [0.05, 0.1) is 6.61 Å². The molecule has 0 N–H and O–H groups in total. The zero-order chi connectivity index (χ0) is 19.9. The number of aryl methyl sites for hydroxylation is 2. The van der Waals surface area contributed by atoms with Gasteiger partial charge in [0.1, 0.15) is 5.83 Å². The summed E-state index contributed by atoms with van der Waals surface area (Å²) in [4.78, 5) is 11.3. The predicted octanol–water partition coefficient (Wildman–Crippen LogP) is 6.59. The molecule has 0 saturated heterocycles. The lowest BCUT2D eigenvalue weighted by Crippen LogP contribution is -2.00. The molecule has 0 aliphatic carbocycles. The minimum atomic E-state index is -0.545. The van der Waals surface area contributed by atoms with Crippen molar-refractivity contribution in [2.45, 2.75) is 41.5 Å².